The van der Waals surface area contributed by atoms with E-state index in [4.69, 9.17) is 16.7 Å². The maximum atomic E-state index is 10.8. The van der Waals surface area contributed by atoms with Crippen molar-refractivity contribution in [1.82, 2.24) is 0 Å². The molecular formula is C9H4BrClO2S. The van der Waals surface area contributed by atoms with Crippen molar-refractivity contribution in [2.75, 3.05) is 0 Å². The Kier molecular flexibility index (Phi) is 2.51. The highest BCUT2D eigenvalue weighted by atomic mass is 79.9. The lowest BCUT2D eigenvalue weighted by molar-refractivity contribution is 0.0697. The molecule has 0 aliphatic rings. The van der Waals surface area contributed by atoms with E-state index in [1.165, 1.54) is 11.3 Å². The Labute approximate surface area is 97.2 Å². The monoisotopic (exact) mass is 290 g/mol. The van der Waals surface area contributed by atoms with Crippen LogP contribution in [0, 0.1) is 0 Å². The van der Waals surface area contributed by atoms with Crippen LogP contribution in [0.5, 0.6) is 0 Å². The van der Waals surface area contributed by atoms with Crippen molar-refractivity contribution in [3.05, 3.63) is 32.6 Å². The van der Waals surface area contributed by atoms with Gasteiger partial charge in [0.2, 0.25) is 0 Å². The number of benzene rings is 1. The summed E-state index contributed by atoms with van der Waals surface area (Å²) in [5, 5.41) is 10.0. The lowest BCUT2D eigenvalue weighted by atomic mass is 10.2. The van der Waals surface area contributed by atoms with Crippen LogP contribution in [0.1, 0.15) is 10.4 Å². The second-order valence-corrected chi connectivity index (χ2v) is 5.60. The van der Waals surface area contributed by atoms with Crippen molar-refractivity contribution in [3.63, 3.8) is 0 Å². The Morgan fingerprint density at radius 1 is 1.43 bits per heavy atom. The number of carbonyl (C=O) groups is 1. The highest BCUT2D eigenvalue weighted by molar-refractivity contribution is 9.11. The quantitative estimate of drug-likeness (QED) is 0.862. The number of halogens is 2. The van der Waals surface area contributed by atoms with Gasteiger partial charge in [-0.1, -0.05) is 11.6 Å². The van der Waals surface area contributed by atoms with Crippen LogP contribution in [-0.2, 0) is 0 Å². The molecule has 0 aliphatic carbocycles. The van der Waals surface area contributed by atoms with E-state index in [-0.39, 0.29) is 10.6 Å². The van der Waals surface area contributed by atoms with Crippen LogP contribution < -0.4 is 0 Å². The number of hydrogen-bond donors (Lipinski definition) is 1. The second-order valence-electron chi connectivity index (χ2n) is 2.73. The Morgan fingerprint density at radius 3 is 2.79 bits per heavy atom. The standard InChI is InChI=1S/C9H4BrClO2S/c10-8-2-4-1-5(9(12)13)6(11)3-7(4)14-8/h1-3H,(H,12,13). The molecule has 0 amide bonds. The Bertz CT molecular complexity index is 521. The van der Waals surface area contributed by atoms with Gasteiger partial charge in [0.25, 0.3) is 0 Å². The van der Waals surface area contributed by atoms with E-state index in [1.807, 2.05) is 6.07 Å². The molecule has 0 spiro atoms. The summed E-state index contributed by atoms with van der Waals surface area (Å²) < 4.78 is 1.94. The lowest BCUT2D eigenvalue weighted by Gasteiger charge is -1.97. The zero-order valence-corrected chi connectivity index (χ0v) is 9.91. The maximum Gasteiger partial charge on any atom is 0.337 e. The first-order valence-corrected chi connectivity index (χ1v) is 5.68. The molecule has 0 saturated heterocycles. The third kappa shape index (κ3) is 1.65. The third-order valence-corrected chi connectivity index (χ3v) is 3.72. The molecule has 0 radical (unpaired) electrons. The fraction of sp³-hybridized carbons (Fsp3) is 0. The molecule has 0 saturated carbocycles. The largest absolute Gasteiger partial charge is 0.478 e. The summed E-state index contributed by atoms with van der Waals surface area (Å²) in [4.78, 5) is 10.8. The zero-order chi connectivity index (χ0) is 10.3. The summed E-state index contributed by atoms with van der Waals surface area (Å²) >= 11 is 10.7. The molecule has 0 atom stereocenters. The molecule has 14 heavy (non-hydrogen) atoms. The van der Waals surface area contributed by atoms with Gasteiger partial charge in [-0.2, -0.15) is 0 Å². The van der Waals surface area contributed by atoms with Gasteiger partial charge in [0.05, 0.1) is 14.4 Å². The zero-order valence-electron chi connectivity index (χ0n) is 6.75. The van der Waals surface area contributed by atoms with Gasteiger partial charge in [-0.3, -0.25) is 0 Å². The molecule has 1 aromatic heterocycles. The molecule has 0 fully saturated rings. The number of thiophene rings is 1. The van der Waals surface area contributed by atoms with Crippen LogP contribution in [0.15, 0.2) is 22.0 Å². The third-order valence-electron chi connectivity index (χ3n) is 1.81. The number of rotatable bonds is 1. The van der Waals surface area contributed by atoms with Crippen molar-refractivity contribution in [2.45, 2.75) is 0 Å². The van der Waals surface area contributed by atoms with Crippen LogP contribution in [0.3, 0.4) is 0 Å². The average Bonchev–Trinajstić information content (AvgIpc) is 2.42. The van der Waals surface area contributed by atoms with Crippen molar-refractivity contribution in [3.8, 4) is 0 Å². The molecule has 0 unspecified atom stereocenters. The summed E-state index contributed by atoms with van der Waals surface area (Å²) in [6.07, 6.45) is 0. The summed E-state index contributed by atoms with van der Waals surface area (Å²) in [7, 11) is 0. The van der Waals surface area contributed by atoms with Crippen LogP contribution >= 0.6 is 38.9 Å². The van der Waals surface area contributed by atoms with Gasteiger partial charge in [-0.15, -0.1) is 11.3 Å². The molecular weight excluding hydrogens is 288 g/mol. The second kappa shape index (κ2) is 3.53. The summed E-state index contributed by atoms with van der Waals surface area (Å²) in [6, 6.07) is 5.14. The molecule has 0 aliphatic heterocycles. The number of carboxylic acids is 1. The molecule has 1 N–H and O–H groups in total. The van der Waals surface area contributed by atoms with Gasteiger partial charge < -0.3 is 5.11 Å². The van der Waals surface area contributed by atoms with E-state index in [0.717, 1.165) is 13.9 Å². The first-order valence-electron chi connectivity index (χ1n) is 3.70. The van der Waals surface area contributed by atoms with Crippen LogP contribution in [0.4, 0.5) is 0 Å². The number of fused-ring (bicyclic) bond motifs is 1. The predicted molar refractivity (Wildman–Crippen MR) is 61.5 cm³/mol. The molecule has 0 bridgehead atoms. The fourth-order valence-corrected chi connectivity index (χ4v) is 3.08. The first kappa shape index (κ1) is 9.96. The van der Waals surface area contributed by atoms with Crippen LogP contribution in [0.25, 0.3) is 10.1 Å². The average molecular weight is 292 g/mol. The van der Waals surface area contributed by atoms with E-state index in [9.17, 15) is 4.79 Å². The minimum atomic E-state index is -1.00. The Balaban J connectivity index is 2.76. The highest BCUT2D eigenvalue weighted by Crippen LogP contribution is 2.33. The number of carboxylic acid groups (broad SMARTS) is 1. The van der Waals surface area contributed by atoms with E-state index in [1.54, 1.807) is 12.1 Å². The Hall–Kier alpha value is -0.580. The minimum Gasteiger partial charge on any atom is -0.478 e. The number of hydrogen-bond acceptors (Lipinski definition) is 2. The predicted octanol–water partition coefficient (Wildman–Crippen LogP) is 4.02. The molecule has 5 heteroatoms. The van der Waals surface area contributed by atoms with Crippen LogP contribution in [-0.4, -0.2) is 11.1 Å². The van der Waals surface area contributed by atoms with E-state index in [2.05, 4.69) is 15.9 Å². The normalized spacial score (nSPS) is 10.7. The molecule has 72 valence electrons. The Morgan fingerprint density at radius 2 is 2.14 bits per heavy atom. The molecule has 1 heterocycles. The molecule has 2 aromatic rings. The van der Waals surface area contributed by atoms with Gasteiger partial charge in [0.1, 0.15) is 0 Å². The summed E-state index contributed by atoms with van der Waals surface area (Å²) in [6.45, 7) is 0. The topological polar surface area (TPSA) is 37.3 Å². The minimum absolute atomic E-state index is 0.143. The van der Waals surface area contributed by atoms with Crippen LogP contribution in [0.2, 0.25) is 5.02 Å². The van der Waals surface area contributed by atoms with E-state index >= 15 is 0 Å². The van der Waals surface area contributed by atoms with Gasteiger partial charge in [-0.05, 0) is 39.5 Å². The van der Waals surface area contributed by atoms with E-state index in [0.29, 0.717) is 0 Å². The lowest BCUT2D eigenvalue weighted by Crippen LogP contribution is -1.96. The van der Waals surface area contributed by atoms with Crippen molar-refractivity contribution < 1.29 is 9.90 Å². The van der Waals surface area contributed by atoms with Crippen molar-refractivity contribution in [2.24, 2.45) is 0 Å². The van der Waals surface area contributed by atoms with Gasteiger partial charge in [-0.25, -0.2) is 4.79 Å². The maximum absolute atomic E-state index is 10.8. The van der Waals surface area contributed by atoms with Gasteiger partial charge >= 0.3 is 5.97 Å². The van der Waals surface area contributed by atoms with Crippen molar-refractivity contribution >= 4 is 54.9 Å². The summed E-state index contributed by atoms with van der Waals surface area (Å²) in [5.41, 5.74) is 0.143. The fourth-order valence-electron chi connectivity index (χ4n) is 1.19. The molecule has 1 aromatic carbocycles. The molecule has 2 rings (SSSR count). The summed E-state index contributed by atoms with van der Waals surface area (Å²) in [5.74, 6) is -1.00. The van der Waals surface area contributed by atoms with Gasteiger partial charge in [0.15, 0.2) is 0 Å². The number of aromatic carboxylic acids is 1. The SMILES string of the molecule is O=C(O)c1cc2cc(Br)sc2cc1Cl. The van der Waals surface area contributed by atoms with E-state index < -0.39 is 5.97 Å². The highest BCUT2D eigenvalue weighted by Gasteiger charge is 2.11. The smallest absolute Gasteiger partial charge is 0.337 e. The molecule has 2 nitrogen and oxygen atoms in total. The van der Waals surface area contributed by atoms with Gasteiger partial charge in [0, 0.05) is 4.70 Å². The first-order chi connectivity index (χ1) is 6.58. The van der Waals surface area contributed by atoms with Crippen molar-refractivity contribution in [1.29, 1.82) is 0 Å².